The van der Waals surface area contributed by atoms with Crippen LogP contribution in [0.4, 0.5) is 5.69 Å². The molecule has 33 heavy (non-hydrogen) atoms. The molecule has 170 valence electrons. The number of benzene rings is 2. The molecule has 0 aliphatic rings. The predicted octanol–water partition coefficient (Wildman–Crippen LogP) is 3.40. The molecule has 2 aromatic carbocycles. The summed E-state index contributed by atoms with van der Waals surface area (Å²) in [5, 5.41) is 14.3. The third-order valence-electron chi connectivity index (χ3n) is 5.03. The van der Waals surface area contributed by atoms with E-state index in [4.69, 9.17) is 9.47 Å². The molecule has 2 heterocycles. The number of hydrogen-bond acceptors (Lipinski definition) is 7. The molecule has 9 nitrogen and oxygen atoms in total. The zero-order chi connectivity index (χ0) is 23.4. The fourth-order valence-electron chi connectivity index (χ4n) is 3.28. The number of thioether (sulfide) groups is 1. The zero-order valence-corrected chi connectivity index (χ0v) is 19.2. The van der Waals surface area contributed by atoms with E-state index in [0.717, 1.165) is 12.0 Å². The number of hydrogen-bond donors (Lipinski definition) is 2. The largest absolute Gasteiger partial charge is 0.493 e. The summed E-state index contributed by atoms with van der Waals surface area (Å²) in [4.78, 5) is 24.8. The van der Waals surface area contributed by atoms with Crippen LogP contribution in [-0.4, -0.2) is 45.7 Å². The molecule has 4 aromatic rings. The molecule has 0 unspecified atom stereocenters. The second-order valence-electron chi connectivity index (χ2n) is 7.12. The molecule has 0 fully saturated rings. The maximum absolute atomic E-state index is 12.5. The molecule has 0 saturated heterocycles. The number of fused-ring (bicyclic) bond motifs is 1. The number of amides is 1. The van der Waals surface area contributed by atoms with Gasteiger partial charge in [-0.3, -0.25) is 9.59 Å². The van der Waals surface area contributed by atoms with Gasteiger partial charge in [0, 0.05) is 17.3 Å². The summed E-state index contributed by atoms with van der Waals surface area (Å²) >= 11 is 1.17. The van der Waals surface area contributed by atoms with Crippen molar-refractivity contribution in [3.05, 3.63) is 64.4 Å². The van der Waals surface area contributed by atoms with E-state index in [2.05, 4.69) is 27.5 Å². The van der Waals surface area contributed by atoms with E-state index in [1.165, 1.54) is 29.0 Å². The molecule has 2 aromatic heterocycles. The Morgan fingerprint density at radius 2 is 1.85 bits per heavy atom. The van der Waals surface area contributed by atoms with E-state index in [1.807, 2.05) is 24.3 Å². The van der Waals surface area contributed by atoms with E-state index in [0.29, 0.717) is 33.6 Å². The number of nitrogens with one attached hydrogen (secondary N) is 2. The van der Waals surface area contributed by atoms with Crippen LogP contribution in [0.5, 0.6) is 11.5 Å². The Balaban J connectivity index is 1.51. The van der Waals surface area contributed by atoms with Crippen molar-refractivity contribution in [2.75, 3.05) is 25.3 Å². The van der Waals surface area contributed by atoms with Gasteiger partial charge < -0.3 is 14.8 Å². The van der Waals surface area contributed by atoms with E-state index in [9.17, 15) is 9.59 Å². The minimum atomic E-state index is -0.349. The minimum Gasteiger partial charge on any atom is -0.493 e. The van der Waals surface area contributed by atoms with Gasteiger partial charge in [-0.05, 0) is 30.2 Å². The number of methoxy groups -OCH3 is 2. The van der Waals surface area contributed by atoms with Crippen LogP contribution in [0.1, 0.15) is 12.5 Å². The molecule has 0 atom stereocenters. The number of aromatic nitrogens is 4. The third kappa shape index (κ3) is 4.85. The first-order valence-electron chi connectivity index (χ1n) is 10.2. The van der Waals surface area contributed by atoms with Gasteiger partial charge in [-0.2, -0.15) is 5.10 Å². The fourth-order valence-corrected chi connectivity index (χ4v) is 3.98. The summed E-state index contributed by atoms with van der Waals surface area (Å²) in [6.07, 6.45) is 0.946. The fraction of sp³-hybridized carbons (Fsp3) is 0.217. The minimum absolute atomic E-state index is 0.0723. The summed E-state index contributed by atoms with van der Waals surface area (Å²) in [6.45, 7) is 2.09. The highest BCUT2D eigenvalue weighted by molar-refractivity contribution is 7.99. The number of aryl methyl sites for hydroxylation is 1. The SMILES string of the molecule is CCc1ccc(-c2cc3c(=O)[nH]nc(SCC(=O)Nc4ccc(OC)c(OC)c4)n3n2)cc1. The van der Waals surface area contributed by atoms with Gasteiger partial charge in [-0.25, -0.2) is 9.61 Å². The molecule has 10 heteroatoms. The highest BCUT2D eigenvalue weighted by Gasteiger charge is 2.14. The van der Waals surface area contributed by atoms with Crippen molar-refractivity contribution in [2.24, 2.45) is 0 Å². The number of ether oxygens (including phenoxy) is 2. The number of H-pyrrole nitrogens is 1. The number of carbonyl (C=O) groups is 1. The average Bonchev–Trinajstić information content (AvgIpc) is 3.30. The molecular formula is C23H23N5O4S. The molecule has 0 saturated carbocycles. The number of nitrogens with zero attached hydrogens (tertiary/aromatic N) is 3. The summed E-state index contributed by atoms with van der Waals surface area (Å²) in [7, 11) is 3.08. The third-order valence-corrected chi connectivity index (χ3v) is 5.96. The van der Waals surface area contributed by atoms with E-state index in [1.54, 1.807) is 31.4 Å². The Hall–Kier alpha value is -3.79. The second kappa shape index (κ2) is 9.78. The monoisotopic (exact) mass is 465 g/mol. The predicted molar refractivity (Wildman–Crippen MR) is 127 cm³/mol. The molecule has 1 amide bonds. The van der Waals surface area contributed by atoms with E-state index < -0.39 is 0 Å². The van der Waals surface area contributed by atoms with Crippen molar-refractivity contribution < 1.29 is 14.3 Å². The van der Waals surface area contributed by atoms with Crippen LogP contribution >= 0.6 is 11.8 Å². The van der Waals surface area contributed by atoms with Crippen LogP contribution in [0.2, 0.25) is 0 Å². The first kappa shape index (κ1) is 22.4. The summed E-state index contributed by atoms with van der Waals surface area (Å²) in [6, 6.07) is 14.9. The Labute approximate surface area is 194 Å². The Bertz CT molecular complexity index is 1350. The molecule has 0 aliphatic carbocycles. The maximum Gasteiger partial charge on any atom is 0.290 e. The van der Waals surface area contributed by atoms with Crippen LogP contribution < -0.4 is 20.3 Å². The summed E-state index contributed by atoms with van der Waals surface area (Å²) < 4.78 is 11.9. The molecule has 0 radical (unpaired) electrons. The van der Waals surface area contributed by atoms with Gasteiger partial charge in [0.25, 0.3) is 5.56 Å². The Morgan fingerprint density at radius 3 is 2.55 bits per heavy atom. The smallest absolute Gasteiger partial charge is 0.290 e. The molecule has 4 rings (SSSR count). The molecule has 0 bridgehead atoms. The van der Waals surface area contributed by atoms with Gasteiger partial charge in [-0.15, -0.1) is 5.10 Å². The van der Waals surface area contributed by atoms with Crippen molar-refractivity contribution in [3.63, 3.8) is 0 Å². The second-order valence-corrected chi connectivity index (χ2v) is 8.06. The number of aromatic amines is 1. The number of anilines is 1. The van der Waals surface area contributed by atoms with Gasteiger partial charge in [0.1, 0.15) is 5.52 Å². The van der Waals surface area contributed by atoms with E-state index >= 15 is 0 Å². The lowest BCUT2D eigenvalue weighted by Gasteiger charge is -2.10. The highest BCUT2D eigenvalue weighted by Crippen LogP contribution is 2.30. The van der Waals surface area contributed by atoms with Gasteiger partial charge in [0.15, 0.2) is 11.5 Å². The first-order chi connectivity index (χ1) is 16.0. The quantitative estimate of drug-likeness (QED) is 0.384. The van der Waals surface area contributed by atoms with Crippen LogP contribution in [0.3, 0.4) is 0 Å². The number of rotatable bonds is 8. The number of carbonyl (C=O) groups excluding carboxylic acids is 1. The van der Waals surface area contributed by atoms with E-state index in [-0.39, 0.29) is 17.2 Å². The van der Waals surface area contributed by atoms with Crippen LogP contribution in [-0.2, 0) is 11.2 Å². The van der Waals surface area contributed by atoms with Crippen LogP contribution in [0.25, 0.3) is 16.8 Å². The summed E-state index contributed by atoms with van der Waals surface area (Å²) in [5.74, 6) is 0.922. The lowest BCUT2D eigenvalue weighted by atomic mass is 10.1. The molecule has 2 N–H and O–H groups in total. The zero-order valence-electron chi connectivity index (χ0n) is 18.4. The molecular weight excluding hydrogens is 442 g/mol. The Morgan fingerprint density at radius 1 is 1.09 bits per heavy atom. The topological polar surface area (TPSA) is 111 Å². The van der Waals surface area contributed by atoms with Gasteiger partial charge >= 0.3 is 0 Å². The van der Waals surface area contributed by atoms with Crippen molar-refractivity contribution in [2.45, 2.75) is 18.5 Å². The van der Waals surface area contributed by atoms with Crippen LogP contribution in [0, 0.1) is 0 Å². The van der Waals surface area contributed by atoms with Crippen molar-refractivity contribution >= 4 is 28.9 Å². The van der Waals surface area contributed by atoms with Crippen LogP contribution in [0.15, 0.2) is 58.5 Å². The molecule has 0 spiro atoms. The average molecular weight is 466 g/mol. The Kier molecular flexibility index (Phi) is 6.64. The summed E-state index contributed by atoms with van der Waals surface area (Å²) in [5.41, 5.74) is 3.37. The normalized spacial score (nSPS) is 10.9. The van der Waals surface area contributed by atoms with Gasteiger partial charge in [0.2, 0.25) is 11.1 Å². The standard InChI is InChI=1S/C23H23N5O4S/c1-4-14-5-7-15(8-6-14)17-12-18-22(30)25-26-23(28(18)27-17)33-13-21(29)24-16-9-10-19(31-2)20(11-16)32-3/h5-12H,4,13H2,1-3H3,(H,24,29)(H,25,30). The lowest BCUT2D eigenvalue weighted by Crippen LogP contribution is -2.17. The lowest BCUT2D eigenvalue weighted by molar-refractivity contribution is -0.113. The van der Waals surface area contributed by atoms with Crippen molar-refractivity contribution in [1.82, 2.24) is 19.8 Å². The maximum atomic E-state index is 12.5. The van der Waals surface area contributed by atoms with Crippen molar-refractivity contribution in [3.8, 4) is 22.8 Å². The van der Waals surface area contributed by atoms with Crippen molar-refractivity contribution in [1.29, 1.82) is 0 Å². The van der Waals surface area contributed by atoms with Gasteiger partial charge in [-0.1, -0.05) is 43.0 Å². The highest BCUT2D eigenvalue weighted by atomic mass is 32.2. The van der Waals surface area contributed by atoms with Gasteiger partial charge in [0.05, 0.1) is 25.7 Å². The first-order valence-corrected chi connectivity index (χ1v) is 11.2. The molecule has 0 aliphatic heterocycles.